The second-order valence-electron chi connectivity index (χ2n) is 2.57. The molecule has 1 aromatic rings. The zero-order valence-corrected chi connectivity index (χ0v) is 6.00. The molecule has 0 bridgehead atoms. The molecular formula is C8H8N2O. The number of nitrogens with zero attached hydrogens (tertiary/aromatic N) is 1. The Kier molecular flexibility index (Phi) is 1.35. The van der Waals surface area contributed by atoms with E-state index >= 15 is 0 Å². The van der Waals surface area contributed by atoms with Gasteiger partial charge in [0.25, 0.3) is 0 Å². The number of hydrogen-bond acceptors (Lipinski definition) is 3. The lowest BCUT2D eigenvalue weighted by atomic mass is 10.1. The fourth-order valence-corrected chi connectivity index (χ4v) is 1.41. The van der Waals surface area contributed by atoms with Gasteiger partial charge in [-0.2, -0.15) is 0 Å². The van der Waals surface area contributed by atoms with Gasteiger partial charge in [-0.3, -0.25) is 0 Å². The first kappa shape index (κ1) is 6.34. The van der Waals surface area contributed by atoms with Crippen molar-refractivity contribution in [2.24, 2.45) is 5.18 Å². The molecule has 1 N–H and O–H groups in total. The summed E-state index contributed by atoms with van der Waals surface area (Å²) in [5.41, 5.74) is 2.69. The van der Waals surface area contributed by atoms with Crippen LogP contribution < -0.4 is 5.32 Å². The Morgan fingerprint density at radius 1 is 1.45 bits per heavy atom. The van der Waals surface area contributed by atoms with Crippen molar-refractivity contribution in [3.05, 3.63) is 28.7 Å². The zero-order valence-electron chi connectivity index (χ0n) is 6.00. The van der Waals surface area contributed by atoms with Crippen molar-refractivity contribution >= 4 is 11.4 Å². The van der Waals surface area contributed by atoms with Crippen molar-refractivity contribution in [3.63, 3.8) is 0 Å². The van der Waals surface area contributed by atoms with Crippen LogP contribution in [0, 0.1) is 4.91 Å². The maximum Gasteiger partial charge on any atom is 0.113 e. The molecule has 0 aromatic heterocycles. The maximum absolute atomic E-state index is 10.3. The first-order valence-corrected chi connectivity index (χ1v) is 3.61. The molecule has 3 heteroatoms. The minimum Gasteiger partial charge on any atom is -0.384 e. The molecule has 2 rings (SSSR count). The molecule has 56 valence electrons. The highest BCUT2D eigenvalue weighted by molar-refractivity contribution is 5.65. The number of benzene rings is 1. The highest BCUT2D eigenvalue weighted by Gasteiger charge is 2.13. The van der Waals surface area contributed by atoms with E-state index in [0.29, 0.717) is 5.69 Å². The lowest BCUT2D eigenvalue weighted by Crippen LogP contribution is -1.90. The molecule has 0 spiro atoms. The highest BCUT2D eigenvalue weighted by Crippen LogP contribution is 2.30. The van der Waals surface area contributed by atoms with Crippen LogP contribution in [0.15, 0.2) is 23.4 Å². The Hall–Kier alpha value is -1.38. The molecule has 1 aliphatic heterocycles. The van der Waals surface area contributed by atoms with E-state index in [1.807, 2.05) is 12.1 Å². The van der Waals surface area contributed by atoms with Gasteiger partial charge in [-0.1, -0.05) is 6.07 Å². The monoisotopic (exact) mass is 148 g/mol. The molecule has 0 aliphatic carbocycles. The topological polar surface area (TPSA) is 41.5 Å². The lowest BCUT2D eigenvalue weighted by Gasteiger charge is -1.98. The van der Waals surface area contributed by atoms with Gasteiger partial charge in [0, 0.05) is 17.8 Å². The molecule has 3 nitrogen and oxygen atoms in total. The molecule has 0 amide bonds. The number of rotatable bonds is 1. The number of nitrogens with one attached hydrogen (secondary N) is 1. The smallest absolute Gasteiger partial charge is 0.113 e. The van der Waals surface area contributed by atoms with E-state index in [4.69, 9.17) is 0 Å². The quantitative estimate of drug-likeness (QED) is 0.619. The van der Waals surface area contributed by atoms with E-state index in [9.17, 15) is 4.91 Å². The SMILES string of the molecule is O=Nc1cccc2c1CCN2. The van der Waals surface area contributed by atoms with Crippen molar-refractivity contribution in [2.45, 2.75) is 6.42 Å². The summed E-state index contributed by atoms with van der Waals surface area (Å²) in [5.74, 6) is 0. The summed E-state index contributed by atoms with van der Waals surface area (Å²) >= 11 is 0. The summed E-state index contributed by atoms with van der Waals surface area (Å²) in [6, 6.07) is 5.56. The van der Waals surface area contributed by atoms with E-state index in [1.165, 1.54) is 0 Å². The van der Waals surface area contributed by atoms with Crippen molar-refractivity contribution < 1.29 is 0 Å². The van der Waals surface area contributed by atoms with Crippen LogP contribution >= 0.6 is 0 Å². The number of anilines is 1. The second kappa shape index (κ2) is 2.34. The molecule has 1 aromatic carbocycles. The van der Waals surface area contributed by atoms with Crippen molar-refractivity contribution in [2.75, 3.05) is 11.9 Å². The van der Waals surface area contributed by atoms with Crippen LogP contribution in [0.1, 0.15) is 5.56 Å². The van der Waals surface area contributed by atoms with Crippen molar-refractivity contribution in [3.8, 4) is 0 Å². The molecule has 0 saturated heterocycles. The van der Waals surface area contributed by atoms with Crippen molar-refractivity contribution in [1.29, 1.82) is 0 Å². The van der Waals surface area contributed by atoms with Gasteiger partial charge in [0.15, 0.2) is 0 Å². The largest absolute Gasteiger partial charge is 0.384 e. The fraction of sp³-hybridized carbons (Fsp3) is 0.250. The molecule has 1 heterocycles. The number of hydrogen-bond donors (Lipinski definition) is 1. The fourth-order valence-electron chi connectivity index (χ4n) is 1.41. The molecule has 1 aliphatic rings. The standard InChI is InChI=1S/C8H8N2O/c11-10-8-3-1-2-7-6(8)4-5-9-7/h1-3,9H,4-5H2. The molecule has 0 unspecified atom stereocenters. The Morgan fingerprint density at radius 3 is 3.18 bits per heavy atom. The van der Waals surface area contributed by atoms with Crippen LogP contribution in [0.3, 0.4) is 0 Å². The third-order valence-corrected chi connectivity index (χ3v) is 1.94. The van der Waals surface area contributed by atoms with Crippen LogP contribution in [0.25, 0.3) is 0 Å². The summed E-state index contributed by atoms with van der Waals surface area (Å²) in [6.07, 6.45) is 0.914. The maximum atomic E-state index is 10.3. The van der Waals surface area contributed by atoms with Crippen LogP contribution in [0.4, 0.5) is 11.4 Å². The summed E-state index contributed by atoms with van der Waals surface area (Å²) in [4.78, 5) is 10.3. The normalized spacial score (nSPS) is 13.8. The first-order valence-electron chi connectivity index (χ1n) is 3.61. The van der Waals surface area contributed by atoms with E-state index < -0.39 is 0 Å². The van der Waals surface area contributed by atoms with Gasteiger partial charge in [0.05, 0.1) is 0 Å². The average Bonchev–Trinajstić information content (AvgIpc) is 2.50. The van der Waals surface area contributed by atoms with Gasteiger partial charge in [0.1, 0.15) is 5.69 Å². The Labute approximate surface area is 64.4 Å². The second-order valence-corrected chi connectivity index (χ2v) is 2.57. The van der Waals surface area contributed by atoms with Crippen molar-refractivity contribution in [1.82, 2.24) is 0 Å². The molecule has 0 saturated carbocycles. The molecule has 0 fully saturated rings. The number of nitroso groups, excluding NO2 is 1. The Morgan fingerprint density at radius 2 is 2.36 bits per heavy atom. The molecular weight excluding hydrogens is 140 g/mol. The molecule has 0 radical (unpaired) electrons. The third kappa shape index (κ3) is 0.888. The van der Waals surface area contributed by atoms with E-state index in [2.05, 4.69) is 10.5 Å². The molecule has 0 atom stereocenters. The van der Waals surface area contributed by atoms with Crippen LogP contribution in [0.2, 0.25) is 0 Å². The van der Waals surface area contributed by atoms with E-state index in [0.717, 1.165) is 24.2 Å². The predicted molar refractivity (Wildman–Crippen MR) is 44.1 cm³/mol. The van der Waals surface area contributed by atoms with Gasteiger partial charge >= 0.3 is 0 Å². The average molecular weight is 148 g/mol. The zero-order chi connectivity index (χ0) is 7.68. The van der Waals surface area contributed by atoms with E-state index in [-0.39, 0.29) is 0 Å². The summed E-state index contributed by atoms with van der Waals surface area (Å²) < 4.78 is 0. The van der Waals surface area contributed by atoms with Gasteiger partial charge in [-0.15, -0.1) is 4.91 Å². The van der Waals surface area contributed by atoms with Gasteiger partial charge in [0.2, 0.25) is 0 Å². The summed E-state index contributed by atoms with van der Waals surface area (Å²) in [6.45, 7) is 0.919. The minimum atomic E-state index is 0.576. The number of fused-ring (bicyclic) bond motifs is 1. The molecule has 11 heavy (non-hydrogen) atoms. The summed E-state index contributed by atoms with van der Waals surface area (Å²) in [5, 5.41) is 6.13. The highest BCUT2D eigenvalue weighted by atomic mass is 16.3. The van der Waals surface area contributed by atoms with E-state index in [1.54, 1.807) is 6.07 Å². The Balaban J connectivity index is 2.58. The van der Waals surface area contributed by atoms with Crippen LogP contribution in [-0.4, -0.2) is 6.54 Å². The lowest BCUT2D eigenvalue weighted by molar-refractivity contribution is 1.10. The van der Waals surface area contributed by atoms with Gasteiger partial charge < -0.3 is 5.32 Å². The predicted octanol–water partition coefficient (Wildman–Crippen LogP) is 2.05. The van der Waals surface area contributed by atoms with Gasteiger partial charge in [-0.25, -0.2) is 0 Å². The van der Waals surface area contributed by atoms with Crippen LogP contribution in [-0.2, 0) is 6.42 Å². The minimum absolute atomic E-state index is 0.576. The first-order chi connectivity index (χ1) is 5.42. The summed E-state index contributed by atoms with van der Waals surface area (Å²) in [7, 11) is 0. The Bertz CT molecular complexity index is 296. The van der Waals surface area contributed by atoms with Crippen LogP contribution in [0.5, 0.6) is 0 Å². The third-order valence-electron chi connectivity index (χ3n) is 1.94. The van der Waals surface area contributed by atoms with Gasteiger partial charge in [-0.05, 0) is 23.7 Å².